The lowest BCUT2D eigenvalue weighted by Gasteiger charge is -2.34. The van der Waals surface area contributed by atoms with Crippen LogP contribution in [0.4, 0.5) is 0 Å². The Bertz CT molecular complexity index is 2500. The second kappa shape index (κ2) is 9.54. The molecule has 8 aromatic carbocycles. The molecule has 0 N–H and O–H groups in total. The molecule has 46 heavy (non-hydrogen) atoms. The van der Waals surface area contributed by atoms with E-state index in [4.69, 9.17) is 4.74 Å². The molecule has 0 saturated carbocycles. The lowest BCUT2D eigenvalue weighted by molar-refractivity contribution is 0.487. The van der Waals surface area contributed by atoms with Gasteiger partial charge in [0, 0.05) is 10.9 Å². The van der Waals surface area contributed by atoms with Crippen LogP contribution in [0.2, 0.25) is 0 Å². The van der Waals surface area contributed by atoms with Crippen LogP contribution in [0.3, 0.4) is 0 Å². The van der Waals surface area contributed by atoms with Crippen molar-refractivity contribution in [3.63, 3.8) is 0 Å². The van der Waals surface area contributed by atoms with Gasteiger partial charge >= 0.3 is 0 Å². The molecule has 0 spiro atoms. The highest BCUT2D eigenvalue weighted by atomic mass is 16.5. The molecule has 0 bridgehead atoms. The minimum absolute atomic E-state index is 0.466. The van der Waals surface area contributed by atoms with Crippen LogP contribution in [-0.4, -0.2) is 0 Å². The molecule has 8 aromatic rings. The van der Waals surface area contributed by atoms with Gasteiger partial charge in [0.2, 0.25) is 0 Å². The summed E-state index contributed by atoms with van der Waals surface area (Å²) in [5.41, 5.74) is 12.0. The Morgan fingerprint density at radius 2 is 1.11 bits per heavy atom. The molecule has 1 unspecified atom stereocenters. The Morgan fingerprint density at radius 3 is 2.04 bits per heavy atom. The fourth-order valence-corrected chi connectivity index (χ4v) is 8.20. The fourth-order valence-electron chi connectivity index (χ4n) is 8.20. The van der Waals surface area contributed by atoms with Gasteiger partial charge in [0.1, 0.15) is 11.5 Å². The van der Waals surface area contributed by atoms with Crippen LogP contribution >= 0.6 is 0 Å². The summed E-state index contributed by atoms with van der Waals surface area (Å²) in [6.45, 7) is 0. The van der Waals surface area contributed by atoms with Gasteiger partial charge < -0.3 is 4.74 Å². The summed E-state index contributed by atoms with van der Waals surface area (Å²) < 4.78 is 6.56. The molecule has 1 heteroatoms. The smallest absolute Gasteiger partial charge is 0.135 e. The summed E-state index contributed by atoms with van der Waals surface area (Å²) in [7, 11) is 0. The maximum Gasteiger partial charge on any atom is 0.135 e. The van der Waals surface area contributed by atoms with Crippen LogP contribution in [0.15, 0.2) is 170 Å². The summed E-state index contributed by atoms with van der Waals surface area (Å²) in [5, 5.41) is 4.94. The van der Waals surface area contributed by atoms with E-state index in [0.29, 0.717) is 0 Å². The van der Waals surface area contributed by atoms with Gasteiger partial charge in [-0.05, 0) is 90.5 Å². The van der Waals surface area contributed by atoms with E-state index in [2.05, 4.69) is 170 Å². The van der Waals surface area contributed by atoms with Gasteiger partial charge in [-0.1, -0.05) is 146 Å². The van der Waals surface area contributed by atoms with Crippen molar-refractivity contribution < 1.29 is 4.74 Å². The van der Waals surface area contributed by atoms with Crippen LogP contribution in [0.1, 0.15) is 22.3 Å². The van der Waals surface area contributed by atoms with Crippen molar-refractivity contribution in [3.05, 3.63) is 192 Å². The van der Waals surface area contributed by atoms with E-state index in [0.717, 1.165) is 22.6 Å². The van der Waals surface area contributed by atoms with E-state index in [1.165, 1.54) is 66.1 Å². The lowest BCUT2D eigenvalue weighted by atomic mass is 9.67. The van der Waals surface area contributed by atoms with Crippen molar-refractivity contribution >= 4 is 21.5 Å². The van der Waals surface area contributed by atoms with Gasteiger partial charge in [-0.3, -0.25) is 0 Å². The average molecular weight is 585 g/mol. The maximum atomic E-state index is 6.56. The molecule has 10 rings (SSSR count). The summed E-state index contributed by atoms with van der Waals surface area (Å²) >= 11 is 0. The third-order valence-electron chi connectivity index (χ3n) is 10.1. The second-order valence-corrected chi connectivity index (χ2v) is 12.4. The first-order valence-electron chi connectivity index (χ1n) is 15.9. The average Bonchev–Trinajstić information content (AvgIpc) is 3.44. The highest BCUT2D eigenvalue weighted by molar-refractivity contribution is 6.05. The largest absolute Gasteiger partial charge is 0.456 e. The summed E-state index contributed by atoms with van der Waals surface area (Å²) in [6.07, 6.45) is 0. The van der Waals surface area contributed by atoms with Gasteiger partial charge in [-0.15, -0.1) is 0 Å². The number of hydrogen-bond acceptors (Lipinski definition) is 1. The predicted octanol–water partition coefficient (Wildman–Crippen LogP) is 11.8. The van der Waals surface area contributed by atoms with Crippen LogP contribution in [0, 0.1) is 0 Å². The number of benzene rings is 8. The first-order valence-corrected chi connectivity index (χ1v) is 15.9. The van der Waals surface area contributed by atoms with Gasteiger partial charge in [0.25, 0.3) is 0 Å². The Kier molecular flexibility index (Phi) is 5.27. The number of rotatable bonds is 3. The highest BCUT2D eigenvalue weighted by Crippen LogP contribution is 2.58. The first kappa shape index (κ1) is 25.4. The van der Waals surface area contributed by atoms with E-state index in [-0.39, 0.29) is 0 Å². The van der Waals surface area contributed by atoms with E-state index in [1.54, 1.807) is 0 Å². The third kappa shape index (κ3) is 3.40. The van der Waals surface area contributed by atoms with Gasteiger partial charge in [0.15, 0.2) is 0 Å². The minimum atomic E-state index is -0.466. The van der Waals surface area contributed by atoms with Crippen molar-refractivity contribution in [2.45, 2.75) is 5.41 Å². The molecule has 1 aliphatic carbocycles. The molecule has 1 nitrogen and oxygen atoms in total. The van der Waals surface area contributed by atoms with E-state index >= 15 is 0 Å². The van der Waals surface area contributed by atoms with Gasteiger partial charge in [-0.2, -0.15) is 0 Å². The zero-order chi connectivity index (χ0) is 30.2. The number of hydrogen-bond donors (Lipinski definition) is 0. The molecule has 1 heterocycles. The molecular formula is C45H28O. The van der Waals surface area contributed by atoms with Crippen molar-refractivity contribution in [1.82, 2.24) is 0 Å². The van der Waals surface area contributed by atoms with E-state index in [9.17, 15) is 0 Å². The summed E-state index contributed by atoms with van der Waals surface area (Å²) in [6, 6.07) is 62.1. The Labute approximate surface area is 268 Å². The van der Waals surface area contributed by atoms with Crippen LogP contribution in [-0.2, 0) is 5.41 Å². The molecule has 0 radical (unpaired) electrons. The van der Waals surface area contributed by atoms with Gasteiger partial charge in [-0.25, -0.2) is 0 Å². The third-order valence-corrected chi connectivity index (χ3v) is 10.1. The van der Waals surface area contributed by atoms with E-state index in [1.807, 2.05) is 0 Å². The number of fused-ring (bicyclic) bond motifs is 7. The normalized spacial score (nSPS) is 15.7. The Morgan fingerprint density at radius 1 is 0.391 bits per heavy atom. The predicted molar refractivity (Wildman–Crippen MR) is 190 cm³/mol. The molecule has 0 amide bonds. The molecule has 2 aliphatic rings. The van der Waals surface area contributed by atoms with Crippen LogP contribution in [0.5, 0.6) is 11.5 Å². The number of ether oxygens (including phenoxy) is 1. The Hall–Kier alpha value is -5.92. The molecule has 0 aromatic heterocycles. The van der Waals surface area contributed by atoms with Crippen molar-refractivity contribution in [2.75, 3.05) is 0 Å². The standard InChI is InChI=1S/C45H28O/c1-2-15-33(16-3-1)45(39-21-7-6-19-38(39)44-35-18-5-4-11-29(35)24-26-40(44)45)34-17-8-14-31(27-34)32-23-25-36-37-20-9-12-30-13-10-22-41(43(30)37)46-42(36)28-32/h1-28H. The lowest BCUT2D eigenvalue weighted by Crippen LogP contribution is -2.28. The van der Waals surface area contributed by atoms with Crippen molar-refractivity contribution in [3.8, 4) is 44.9 Å². The maximum absolute atomic E-state index is 6.56. The van der Waals surface area contributed by atoms with E-state index < -0.39 is 5.41 Å². The second-order valence-electron chi connectivity index (χ2n) is 12.4. The molecule has 0 saturated heterocycles. The van der Waals surface area contributed by atoms with Crippen molar-refractivity contribution in [1.29, 1.82) is 0 Å². The summed E-state index contributed by atoms with van der Waals surface area (Å²) in [4.78, 5) is 0. The molecule has 1 atom stereocenters. The monoisotopic (exact) mass is 584 g/mol. The highest BCUT2D eigenvalue weighted by Gasteiger charge is 2.46. The zero-order valence-electron chi connectivity index (χ0n) is 25.1. The molecule has 1 aliphatic heterocycles. The molecular weight excluding hydrogens is 556 g/mol. The summed E-state index contributed by atoms with van der Waals surface area (Å²) in [5.74, 6) is 1.82. The quantitative estimate of drug-likeness (QED) is 0.201. The van der Waals surface area contributed by atoms with Gasteiger partial charge in [0.05, 0.1) is 5.41 Å². The van der Waals surface area contributed by atoms with Crippen molar-refractivity contribution in [2.24, 2.45) is 0 Å². The van der Waals surface area contributed by atoms with Crippen LogP contribution < -0.4 is 4.74 Å². The molecule has 214 valence electrons. The minimum Gasteiger partial charge on any atom is -0.456 e. The topological polar surface area (TPSA) is 9.23 Å². The fraction of sp³-hybridized carbons (Fsp3) is 0.0222. The van der Waals surface area contributed by atoms with Crippen LogP contribution in [0.25, 0.3) is 54.9 Å². The molecule has 0 fully saturated rings. The Balaban J connectivity index is 1.21. The SMILES string of the molecule is c1ccc(C2(c3cccc(-c4ccc5c(c4)Oc4cccc6cccc-5c46)c3)c3ccccc3-c3c2ccc2ccccc32)cc1. The first-order chi connectivity index (χ1) is 22.8. The zero-order valence-corrected chi connectivity index (χ0v) is 25.1.